The number of aromatic nitrogens is 1. The zero-order valence-corrected chi connectivity index (χ0v) is 15.9. The molecule has 2 aromatic rings. The number of carbonyl (C=O) groups excluding carboxylic acids is 1. The lowest BCUT2D eigenvalue weighted by atomic mass is 10.1. The predicted molar refractivity (Wildman–Crippen MR) is 98.5 cm³/mol. The summed E-state index contributed by atoms with van der Waals surface area (Å²) in [4.78, 5) is 14.7. The number of likely N-dealkylation sites (tertiary alicyclic amines) is 1. The molecule has 1 aliphatic heterocycles. The maximum atomic E-state index is 13.1. The van der Waals surface area contributed by atoms with Crippen LogP contribution in [-0.2, 0) is 11.2 Å². The van der Waals surface area contributed by atoms with Crippen LogP contribution in [0.2, 0.25) is 0 Å². The molecule has 0 spiro atoms. The van der Waals surface area contributed by atoms with E-state index in [9.17, 15) is 22.4 Å². The van der Waals surface area contributed by atoms with Crippen LogP contribution in [0.25, 0.3) is 11.3 Å². The average Bonchev–Trinajstić information content (AvgIpc) is 3.36. The monoisotopic (exact) mass is 413 g/mol. The van der Waals surface area contributed by atoms with Crippen LogP contribution in [-0.4, -0.2) is 59.8 Å². The molecule has 1 fully saturated rings. The molecular weight excluding hydrogens is 390 g/mol. The van der Waals surface area contributed by atoms with E-state index in [1.54, 1.807) is 12.1 Å². The quantitative estimate of drug-likeness (QED) is 0.616. The molecule has 0 unspecified atom stereocenters. The van der Waals surface area contributed by atoms with Crippen molar-refractivity contribution in [2.75, 3.05) is 32.7 Å². The number of nitrogens with zero attached hydrogens (tertiary/aromatic N) is 3. The summed E-state index contributed by atoms with van der Waals surface area (Å²) < 4.78 is 57.2. The Morgan fingerprint density at radius 2 is 1.83 bits per heavy atom. The minimum absolute atomic E-state index is 0.0137. The molecule has 158 valence electrons. The van der Waals surface area contributed by atoms with Crippen molar-refractivity contribution in [2.24, 2.45) is 0 Å². The molecule has 0 atom stereocenters. The summed E-state index contributed by atoms with van der Waals surface area (Å²) in [5.74, 6) is -1.73. The van der Waals surface area contributed by atoms with Gasteiger partial charge in [0.1, 0.15) is 5.82 Å². The number of amides is 1. The lowest BCUT2D eigenvalue weighted by Gasteiger charge is -2.26. The van der Waals surface area contributed by atoms with Crippen molar-refractivity contribution in [1.29, 1.82) is 0 Å². The van der Waals surface area contributed by atoms with Gasteiger partial charge in [-0.05, 0) is 63.0 Å². The number of aryl methyl sites for hydroxylation is 1. The van der Waals surface area contributed by atoms with Crippen molar-refractivity contribution in [1.82, 2.24) is 15.0 Å². The van der Waals surface area contributed by atoms with Gasteiger partial charge in [0.15, 0.2) is 5.76 Å². The van der Waals surface area contributed by atoms with E-state index in [2.05, 4.69) is 10.1 Å². The van der Waals surface area contributed by atoms with E-state index in [4.69, 9.17) is 4.52 Å². The first kappa shape index (κ1) is 21.3. The molecule has 0 bridgehead atoms. The second kappa shape index (κ2) is 9.39. The summed E-state index contributed by atoms with van der Waals surface area (Å²) in [5, 5.41) is 3.75. The molecule has 29 heavy (non-hydrogen) atoms. The third kappa shape index (κ3) is 5.79. The molecule has 0 aliphatic carbocycles. The molecule has 2 heterocycles. The Labute approximate surface area is 166 Å². The number of hydrogen-bond acceptors (Lipinski definition) is 4. The van der Waals surface area contributed by atoms with Crippen LogP contribution >= 0.6 is 0 Å². The number of benzene rings is 1. The molecule has 0 radical (unpaired) electrons. The molecule has 0 N–H and O–H groups in total. The van der Waals surface area contributed by atoms with Gasteiger partial charge in [-0.1, -0.05) is 5.16 Å². The normalized spacial score (nSPS) is 15.0. The van der Waals surface area contributed by atoms with Gasteiger partial charge in [0.05, 0.1) is 6.20 Å². The van der Waals surface area contributed by atoms with E-state index in [1.165, 1.54) is 18.3 Å². The standard InChI is InChI=1S/C20H23F4N3O2/c21-17-7-5-15(6-8-17)18-16(14-25-29-18)4-3-11-27(19(28)20(22,23)24)13-12-26-9-1-2-10-26/h5-8,14H,1-4,9-13H2. The Hall–Kier alpha value is -2.42. The Morgan fingerprint density at radius 1 is 1.14 bits per heavy atom. The Balaban J connectivity index is 1.60. The van der Waals surface area contributed by atoms with Gasteiger partial charge in [-0.3, -0.25) is 4.79 Å². The van der Waals surface area contributed by atoms with Gasteiger partial charge >= 0.3 is 12.1 Å². The molecular formula is C20H23F4N3O2. The van der Waals surface area contributed by atoms with Crippen molar-refractivity contribution < 1.29 is 26.9 Å². The number of alkyl halides is 3. The molecule has 0 saturated carbocycles. The van der Waals surface area contributed by atoms with Crippen LogP contribution in [0.4, 0.5) is 17.6 Å². The van der Waals surface area contributed by atoms with Crippen LogP contribution in [0.15, 0.2) is 35.0 Å². The summed E-state index contributed by atoms with van der Waals surface area (Å²) in [7, 11) is 0. The highest BCUT2D eigenvalue weighted by Gasteiger charge is 2.42. The maximum Gasteiger partial charge on any atom is 0.471 e. The molecule has 1 aromatic heterocycles. The predicted octanol–water partition coefficient (Wildman–Crippen LogP) is 3.90. The SMILES string of the molecule is O=C(N(CCCc1cnoc1-c1ccc(F)cc1)CCN1CCCC1)C(F)(F)F. The first-order chi connectivity index (χ1) is 13.8. The summed E-state index contributed by atoms with van der Waals surface area (Å²) in [6.07, 6.45) is -0.598. The fourth-order valence-corrected chi connectivity index (χ4v) is 3.50. The van der Waals surface area contributed by atoms with Gasteiger partial charge in [0, 0.05) is 30.8 Å². The van der Waals surface area contributed by atoms with Crippen LogP contribution in [0.1, 0.15) is 24.8 Å². The van der Waals surface area contributed by atoms with Crippen molar-refractivity contribution in [3.8, 4) is 11.3 Å². The van der Waals surface area contributed by atoms with Crippen LogP contribution < -0.4 is 0 Å². The summed E-state index contributed by atoms with van der Waals surface area (Å²) in [6.45, 7) is 2.19. The van der Waals surface area contributed by atoms with Gasteiger partial charge in [-0.25, -0.2) is 4.39 Å². The van der Waals surface area contributed by atoms with Gasteiger partial charge in [-0.15, -0.1) is 0 Å². The van der Waals surface area contributed by atoms with E-state index in [1.807, 2.05) is 0 Å². The lowest BCUT2D eigenvalue weighted by Crippen LogP contribution is -2.45. The van der Waals surface area contributed by atoms with Crippen LogP contribution in [0, 0.1) is 5.82 Å². The lowest BCUT2D eigenvalue weighted by molar-refractivity contribution is -0.185. The third-order valence-electron chi connectivity index (χ3n) is 5.04. The van der Waals surface area contributed by atoms with Crippen LogP contribution in [0.3, 0.4) is 0 Å². The van der Waals surface area contributed by atoms with Gasteiger partial charge in [0.2, 0.25) is 0 Å². The van der Waals surface area contributed by atoms with Gasteiger partial charge < -0.3 is 14.3 Å². The van der Waals surface area contributed by atoms with Crippen LogP contribution in [0.5, 0.6) is 0 Å². The van der Waals surface area contributed by atoms with Crippen molar-refractivity contribution in [3.05, 3.63) is 41.8 Å². The smallest absolute Gasteiger partial charge is 0.356 e. The number of carbonyl (C=O) groups is 1. The van der Waals surface area contributed by atoms with E-state index in [0.29, 0.717) is 36.3 Å². The first-order valence-electron chi connectivity index (χ1n) is 9.62. The molecule has 1 amide bonds. The van der Waals surface area contributed by atoms with Crippen molar-refractivity contribution >= 4 is 5.91 Å². The van der Waals surface area contributed by atoms with Crippen molar-refractivity contribution in [3.63, 3.8) is 0 Å². The molecule has 3 rings (SSSR count). The Morgan fingerprint density at radius 3 is 2.48 bits per heavy atom. The number of rotatable bonds is 8. The second-order valence-electron chi connectivity index (χ2n) is 7.13. The Kier molecular flexibility index (Phi) is 6.89. The van der Waals surface area contributed by atoms with E-state index < -0.39 is 12.1 Å². The highest BCUT2D eigenvalue weighted by Crippen LogP contribution is 2.25. The zero-order valence-electron chi connectivity index (χ0n) is 15.9. The number of halogens is 4. The molecule has 1 saturated heterocycles. The molecule has 5 nitrogen and oxygen atoms in total. The fourth-order valence-electron chi connectivity index (χ4n) is 3.50. The summed E-state index contributed by atoms with van der Waals surface area (Å²) >= 11 is 0. The highest BCUT2D eigenvalue weighted by molar-refractivity contribution is 5.81. The second-order valence-corrected chi connectivity index (χ2v) is 7.13. The van der Waals surface area contributed by atoms with E-state index in [0.717, 1.165) is 30.8 Å². The maximum absolute atomic E-state index is 13.1. The third-order valence-corrected chi connectivity index (χ3v) is 5.04. The van der Waals surface area contributed by atoms with Crippen molar-refractivity contribution in [2.45, 2.75) is 31.9 Å². The van der Waals surface area contributed by atoms with E-state index >= 15 is 0 Å². The fraction of sp³-hybridized carbons (Fsp3) is 0.500. The van der Waals surface area contributed by atoms with Gasteiger partial charge in [0.25, 0.3) is 0 Å². The number of hydrogen-bond donors (Lipinski definition) is 0. The summed E-state index contributed by atoms with van der Waals surface area (Å²) in [6, 6.07) is 5.69. The molecule has 1 aromatic carbocycles. The topological polar surface area (TPSA) is 49.6 Å². The average molecular weight is 413 g/mol. The zero-order chi connectivity index (χ0) is 20.9. The molecule has 1 aliphatic rings. The minimum Gasteiger partial charge on any atom is -0.356 e. The van der Waals surface area contributed by atoms with E-state index in [-0.39, 0.29) is 18.9 Å². The minimum atomic E-state index is -4.89. The van der Waals surface area contributed by atoms with Gasteiger partial charge in [-0.2, -0.15) is 13.2 Å². The largest absolute Gasteiger partial charge is 0.471 e. The highest BCUT2D eigenvalue weighted by atomic mass is 19.4. The first-order valence-corrected chi connectivity index (χ1v) is 9.62. The summed E-state index contributed by atoms with van der Waals surface area (Å²) in [5.41, 5.74) is 1.34. The molecule has 9 heteroatoms. The Bertz CT molecular complexity index is 799.